The van der Waals surface area contributed by atoms with Gasteiger partial charge in [-0.05, 0) is 36.8 Å². The van der Waals surface area contributed by atoms with Gasteiger partial charge in [0.25, 0.3) is 0 Å². The zero-order chi connectivity index (χ0) is 12.7. The van der Waals surface area contributed by atoms with Gasteiger partial charge in [0.05, 0.1) is 16.9 Å². The van der Waals surface area contributed by atoms with Crippen LogP contribution in [0.5, 0.6) is 0 Å². The number of benzene rings is 1. The van der Waals surface area contributed by atoms with Crippen LogP contribution in [0.4, 0.5) is 5.69 Å². The number of aliphatic imine (C=N–C) groups is 1. The summed E-state index contributed by atoms with van der Waals surface area (Å²) in [5.74, 6) is -0.901. The van der Waals surface area contributed by atoms with E-state index in [1.165, 1.54) is 0 Å². The summed E-state index contributed by atoms with van der Waals surface area (Å²) in [4.78, 5) is 15.2. The number of hydrogen-bond donors (Lipinski definition) is 1. The standard InChI is InChI=1S/C12H11N3OS/c1-9(6-13)12(16)14-7-10-2-4-11(5-3-10)15-8-17/h2-5,9H,7H2,1H3,(H,14,16). The van der Waals surface area contributed by atoms with Gasteiger partial charge in [0.1, 0.15) is 5.92 Å². The second-order valence-corrected chi connectivity index (χ2v) is 3.62. The van der Waals surface area contributed by atoms with Crippen LogP contribution in [-0.2, 0) is 11.3 Å². The number of nitriles is 1. The fourth-order valence-corrected chi connectivity index (χ4v) is 1.25. The van der Waals surface area contributed by atoms with E-state index < -0.39 is 5.92 Å². The molecule has 0 aromatic heterocycles. The van der Waals surface area contributed by atoms with Gasteiger partial charge in [0.2, 0.25) is 5.91 Å². The second-order valence-electron chi connectivity index (χ2n) is 3.44. The molecule has 86 valence electrons. The van der Waals surface area contributed by atoms with Crippen LogP contribution in [0.3, 0.4) is 0 Å². The Bertz CT molecular complexity index is 483. The van der Waals surface area contributed by atoms with Crippen molar-refractivity contribution in [1.82, 2.24) is 5.32 Å². The average Bonchev–Trinajstić information content (AvgIpc) is 2.37. The van der Waals surface area contributed by atoms with Crippen LogP contribution in [0.2, 0.25) is 0 Å². The van der Waals surface area contributed by atoms with Crippen molar-refractivity contribution in [2.24, 2.45) is 10.9 Å². The lowest BCUT2D eigenvalue weighted by molar-refractivity contribution is -0.123. The number of nitrogens with one attached hydrogen (secondary N) is 1. The van der Waals surface area contributed by atoms with Gasteiger partial charge >= 0.3 is 0 Å². The molecule has 1 unspecified atom stereocenters. The highest BCUT2D eigenvalue weighted by molar-refractivity contribution is 7.78. The summed E-state index contributed by atoms with van der Waals surface area (Å²) in [7, 11) is 0. The highest BCUT2D eigenvalue weighted by Crippen LogP contribution is 2.12. The molecular formula is C12H11N3OS. The number of amides is 1. The third kappa shape index (κ3) is 4.15. The number of hydrogen-bond acceptors (Lipinski definition) is 4. The minimum absolute atomic E-state index is 0.270. The third-order valence-electron chi connectivity index (χ3n) is 2.16. The molecule has 0 radical (unpaired) electrons. The van der Waals surface area contributed by atoms with Crippen LogP contribution in [0.1, 0.15) is 12.5 Å². The number of rotatable bonds is 4. The lowest BCUT2D eigenvalue weighted by Crippen LogP contribution is -2.27. The molecule has 0 aliphatic rings. The molecule has 0 spiro atoms. The Labute approximate surface area is 105 Å². The number of carbonyl (C=O) groups is 1. The smallest absolute Gasteiger partial charge is 0.237 e. The summed E-state index contributed by atoms with van der Waals surface area (Å²) in [5, 5.41) is 13.5. The monoisotopic (exact) mass is 245 g/mol. The summed E-state index contributed by atoms with van der Waals surface area (Å²) in [6.07, 6.45) is 0. The summed E-state index contributed by atoms with van der Waals surface area (Å²) in [6.45, 7) is 1.96. The zero-order valence-corrected chi connectivity index (χ0v) is 10.1. The third-order valence-corrected chi connectivity index (χ3v) is 2.26. The van der Waals surface area contributed by atoms with E-state index in [0.717, 1.165) is 11.3 Å². The second kappa shape index (κ2) is 6.54. The van der Waals surface area contributed by atoms with Gasteiger partial charge in [-0.15, -0.1) is 0 Å². The molecule has 0 heterocycles. The van der Waals surface area contributed by atoms with E-state index in [0.29, 0.717) is 6.54 Å². The molecule has 1 amide bonds. The fraction of sp³-hybridized carbons (Fsp3) is 0.250. The van der Waals surface area contributed by atoms with E-state index in [4.69, 9.17) is 5.26 Å². The van der Waals surface area contributed by atoms with Crippen LogP contribution >= 0.6 is 12.2 Å². The van der Waals surface area contributed by atoms with Gasteiger partial charge in [-0.2, -0.15) is 10.3 Å². The number of thiocarbonyl (C=S) groups is 1. The summed E-state index contributed by atoms with van der Waals surface area (Å²) < 4.78 is 0. The topological polar surface area (TPSA) is 65.2 Å². The van der Waals surface area contributed by atoms with Crippen LogP contribution in [-0.4, -0.2) is 11.1 Å². The SMILES string of the molecule is CC(C#N)C(=O)NCc1ccc(N=C=S)cc1. The van der Waals surface area contributed by atoms with Crippen molar-refractivity contribution >= 4 is 29.0 Å². The van der Waals surface area contributed by atoms with E-state index in [-0.39, 0.29) is 5.91 Å². The number of isothiocyanates is 1. The maximum absolute atomic E-state index is 11.3. The van der Waals surface area contributed by atoms with Gasteiger partial charge in [-0.25, -0.2) is 0 Å². The molecule has 5 heteroatoms. The van der Waals surface area contributed by atoms with E-state index in [1.807, 2.05) is 18.2 Å². The average molecular weight is 245 g/mol. The Balaban J connectivity index is 2.56. The highest BCUT2D eigenvalue weighted by atomic mass is 32.1. The van der Waals surface area contributed by atoms with Crippen LogP contribution in [0.15, 0.2) is 29.3 Å². The minimum Gasteiger partial charge on any atom is -0.351 e. The zero-order valence-electron chi connectivity index (χ0n) is 9.30. The molecule has 17 heavy (non-hydrogen) atoms. The van der Waals surface area contributed by atoms with E-state index in [1.54, 1.807) is 19.1 Å². The van der Waals surface area contributed by atoms with Crippen molar-refractivity contribution in [1.29, 1.82) is 5.26 Å². The van der Waals surface area contributed by atoms with E-state index in [2.05, 4.69) is 27.7 Å². The molecule has 0 saturated carbocycles. The quantitative estimate of drug-likeness (QED) is 0.653. The van der Waals surface area contributed by atoms with Gasteiger partial charge in [0.15, 0.2) is 0 Å². The van der Waals surface area contributed by atoms with Gasteiger partial charge in [-0.3, -0.25) is 4.79 Å². The molecule has 0 bridgehead atoms. The summed E-state index contributed by atoms with van der Waals surface area (Å²) in [6, 6.07) is 9.12. The Morgan fingerprint density at radius 1 is 1.53 bits per heavy atom. The van der Waals surface area contributed by atoms with Crippen molar-refractivity contribution in [3.8, 4) is 6.07 Å². The Morgan fingerprint density at radius 2 is 2.18 bits per heavy atom. The van der Waals surface area contributed by atoms with Crippen LogP contribution < -0.4 is 5.32 Å². The molecule has 1 aromatic rings. The maximum Gasteiger partial charge on any atom is 0.237 e. The van der Waals surface area contributed by atoms with Crippen molar-refractivity contribution in [2.45, 2.75) is 13.5 Å². The predicted molar refractivity (Wildman–Crippen MR) is 67.8 cm³/mol. The molecule has 0 aliphatic carbocycles. The first-order valence-corrected chi connectivity index (χ1v) is 5.42. The highest BCUT2D eigenvalue weighted by Gasteiger charge is 2.10. The molecule has 4 nitrogen and oxygen atoms in total. The molecule has 0 aliphatic heterocycles. The minimum atomic E-state index is -0.631. The number of nitrogens with zero attached hydrogens (tertiary/aromatic N) is 2. The van der Waals surface area contributed by atoms with E-state index in [9.17, 15) is 4.79 Å². The van der Waals surface area contributed by atoms with Gasteiger partial charge < -0.3 is 5.32 Å². The molecule has 0 fully saturated rings. The molecule has 1 N–H and O–H groups in total. The van der Waals surface area contributed by atoms with E-state index >= 15 is 0 Å². The van der Waals surface area contributed by atoms with Crippen molar-refractivity contribution in [3.05, 3.63) is 29.8 Å². The largest absolute Gasteiger partial charge is 0.351 e. The summed E-state index contributed by atoms with van der Waals surface area (Å²) >= 11 is 4.49. The molecule has 1 rings (SSSR count). The Morgan fingerprint density at radius 3 is 2.71 bits per heavy atom. The lowest BCUT2D eigenvalue weighted by atomic mass is 10.1. The van der Waals surface area contributed by atoms with Crippen LogP contribution in [0.25, 0.3) is 0 Å². The van der Waals surface area contributed by atoms with Crippen molar-refractivity contribution in [3.63, 3.8) is 0 Å². The first-order valence-electron chi connectivity index (χ1n) is 5.01. The molecule has 0 saturated heterocycles. The Hall–Kier alpha value is -2.02. The summed E-state index contributed by atoms with van der Waals surface area (Å²) in [5.41, 5.74) is 1.66. The van der Waals surface area contributed by atoms with Crippen LogP contribution in [0, 0.1) is 17.2 Å². The molecule has 1 aromatic carbocycles. The maximum atomic E-state index is 11.3. The van der Waals surface area contributed by atoms with Gasteiger partial charge in [-0.1, -0.05) is 12.1 Å². The lowest BCUT2D eigenvalue weighted by Gasteiger charge is -2.06. The van der Waals surface area contributed by atoms with Crippen molar-refractivity contribution in [2.75, 3.05) is 0 Å². The number of carbonyl (C=O) groups excluding carboxylic acids is 1. The van der Waals surface area contributed by atoms with Gasteiger partial charge in [0, 0.05) is 6.54 Å². The van der Waals surface area contributed by atoms with Crippen molar-refractivity contribution < 1.29 is 4.79 Å². The fourth-order valence-electron chi connectivity index (χ4n) is 1.14. The molecule has 1 atom stereocenters. The first-order chi connectivity index (χ1) is 8.17. The predicted octanol–water partition coefficient (Wildman–Crippen LogP) is 2.20. The first kappa shape index (κ1) is 13.0. The molecular weight excluding hydrogens is 234 g/mol. The Kier molecular flexibility index (Phi) is 5.02. The normalized spacial score (nSPS) is 10.8.